The molecule has 8 aromatic carbocycles. The number of nitrogens with zero attached hydrogens (tertiary/aromatic N) is 7. The molecule has 4 aromatic heterocycles. The van der Waals surface area contributed by atoms with Crippen molar-refractivity contribution in [2.75, 3.05) is 0 Å². The Hall–Kier alpha value is -8.55. The molecule has 0 N–H and O–H groups in total. The predicted octanol–water partition coefficient (Wildman–Crippen LogP) is 13.8. The zero-order valence-electron chi connectivity index (χ0n) is 35.2. The highest BCUT2D eigenvalue weighted by molar-refractivity contribution is 6.12. The maximum atomic E-state index is 5.29. The van der Waals surface area contributed by atoms with Gasteiger partial charge in [0, 0.05) is 54.9 Å². The third-order valence-corrected chi connectivity index (χ3v) is 12.2. The van der Waals surface area contributed by atoms with Crippen molar-refractivity contribution in [3.05, 3.63) is 212 Å². The molecule has 0 spiro atoms. The number of aromatic nitrogens is 7. The molecule has 0 saturated carbocycles. The lowest BCUT2D eigenvalue weighted by Crippen LogP contribution is -2.03. The molecule has 12 rings (SSSR count). The lowest BCUT2D eigenvalue weighted by molar-refractivity contribution is 0.929. The van der Waals surface area contributed by atoms with Gasteiger partial charge in [-0.1, -0.05) is 133 Å². The summed E-state index contributed by atoms with van der Waals surface area (Å²) in [7, 11) is 0. The van der Waals surface area contributed by atoms with Crippen LogP contribution >= 0.6 is 0 Å². The third-order valence-electron chi connectivity index (χ3n) is 12.2. The molecule has 0 aliphatic rings. The Kier molecular flexibility index (Phi) is 8.79. The van der Waals surface area contributed by atoms with E-state index in [2.05, 4.69) is 202 Å². The topological polar surface area (TPSA) is 74.3 Å². The van der Waals surface area contributed by atoms with E-state index in [1.54, 1.807) is 0 Å². The molecule has 0 radical (unpaired) electrons. The van der Waals surface area contributed by atoms with Crippen molar-refractivity contribution in [3.63, 3.8) is 0 Å². The number of benzene rings is 8. The van der Waals surface area contributed by atoms with Crippen LogP contribution in [0.25, 0.3) is 111 Å². The Morgan fingerprint density at radius 2 is 0.734 bits per heavy atom. The molecule has 7 nitrogen and oxygen atoms in total. The minimum absolute atomic E-state index is 0.650. The fourth-order valence-electron chi connectivity index (χ4n) is 9.37. The van der Waals surface area contributed by atoms with E-state index in [1.165, 1.54) is 10.8 Å². The molecule has 64 heavy (non-hydrogen) atoms. The number of para-hydroxylation sites is 4. The fraction of sp³-hybridized carbons (Fsp3) is 0.0351. The minimum Gasteiger partial charge on any atom is -0.309 e. The summed E-state index contributed by atoms with van der Waals surface area (Å²) in [6.45, 7) is 3.83. The van der Waals surface area contributed by atoms with E-state index in [1.807, 2.05) is 26.0 Å². The van der Waals surface area contributed by atoms with Crippen molar-refractivity contribution in [2.45, 2.75) is 13.8 Å². The molecular weight excluding hydrogens is 783 g/mol. The van der Waals surface area contributed by atoms with Gasteiger partial charge in [-0.05, 0) is 80.6 Å². The average Bonchev–Trinajstić information content (AvgIpc) is 3.86. The Bertz CT molecular complexity index is 3620. The number of hydrogen-bond acceptors (Lipinski definition) is 5. The summed E-state index contributed by atoms with van der Waals surface area (Å²) in [5.41, 5.74) is 14.3. The summed E-state index contributed by atoms with van der Waals surface area (Å²) in [5.74, 6) is 2.72. The molecule has 0 unspecified atom stereocenters. The average molecular weight is 822 g/mol. The van der Waals surface area contributed by atoms with E-state index in [0.29, 0.717) is 23.3 Å². The lowest BCUT2D eigenvalue weighted by Gasteiger charge is -2.20. The van der Waals surface area contributed by atoms with Crippen molar-refractivity contribution in [2.24, 2.45) is 0 Å². The van der Waals surface area contributed by atoms with Crippen molar-refractivity contribution < 1.29 is 0 Å². The van der Waals surface area contributed by atoms with E-state index < -0.39 is 0 Å². The highest BCUT2D eigenvalue weighted by Gasteiger charge is 2.22. The van der Waals surface area contributed by atoms with Gasteiger partial charge in [-0.2, -0.15) is 0 Å². The van der Waals surface area contributed by atoms with Crippen LogP contribution in [0.4, 0.5) is 0 Å². The number of rotatable bonds is 7. The summed E-state index contributed by atoms with van der Waals surface area (Å²) in [5, 5.41) is 4.67. The molecule has 0 amide bonds. The number of aryl methyl sites for hydroxylation is 2. The lowest BCUT2D eigenvalue weighted by atomic mass is 9.97. The van der Waals surface area contributed by atoms with E-state index in [0.717, 1.165) is 89.0 Å². The maximum Gasteiger partial charge on any atom is 0.163 e. The Morgan fingerprint density at radius 1 is 0.297 bits per heavy atom. The van der Waals surface area contributed by atoms with Crippen LogP contribution in [0.2, 0.25) is 0 Å². The highest BCUT2D eigenvalue weighted by Crippen LogP contribution is 2.43. The normalized spacial score (nSPS) is 11.6. The van der Waals surface area contributed by atoms with Gasteiger partial charge in [-0.15, -0.1) is 0 Å². The quantitative estimate of drug-likeness (QED) is 0.160. The van der Waals surface area contributed by atoms with Gasteiger partial charge in [-0.25, -0.2) is 24.9 Å². The van der Waals surface area contributed by atoms with Gasteiger partial charge in [0.15, 0.2) is 11.6 Å². The largest absolute Gasteiger partial charge is 0.309 e. The van der Waals surface area contributed by atoms with Crippen LogP contribution in [0.5, 0.6) is 0 Å². The van der Waals surface area contributed by atoms with Gasteiger partial charge in [0.1, 0.15) is 11.6 Å². The van der Waals surface area contributed by atoms with Gasteiger partial charge in [-0.3, -0.25) is 0 Å². The van der Waals surface area contributed by atoms with Gasteiger partial charge >= 0.3 is 0 Å². The Morgan fingerprint density at radius 3 is 1.33 bits per heavy atom. The molecule has 12 aromatic rings. The van der Waals surface area contributed by atoms with E-state index >= 15 is 0 Å². The number of hydrogen-bond donors (Lipinski definition) is 0. The first-order valence-corrected chi connectivity index (χ1v) is 21.5. The van der Waals surface area contributed by atoms with Crippen LogP contribution in [0, 0.1) is 13.8 Å². The summed E-state index contributed by atoms with van der Waals surface area (Å²) in [6.07, 6.45) is 0. The summed E-state index contributed by atoms with van der Waals surface area (Å²) >= 11 is 0. The van der Waals surface area contributed by atoms with Gasteiger partial charge in [0.2, 0.25) is 0 Å². The van der Waals surface area contributed by atoms with Crippen LogP contribution < -0.4 is 0 Å². The first kappa shape index (κ1) is 37.2. The van der Waals surface area contributed by atoms with Gasteiger partial charge < -0.3 is 9.13 Å². The molecule has 0 aliphatic carbocycles. The fourth-order valence-corrected chi connectivity index (χ4v) is 9.37. The SMILES string of the molecule is Cc1nc(C)nc(-c2ccc3c(c2)c2ccccc2n3-c2ccc(-c3nc(-c4ccccc4)cc(-c4ccccc4)n3)cc2-c2ccccc2-n2c3ccccc3c3ccccc32)n1. The molecule has 0 bridgehead atoms. The van der Waals surface area contributed by atoms with Crippen molar-refractivity contribution in [3.8, 4) is 67.8 Å². The summed E-state index contributed by atoms with van der Waals surface area (Å²) < 4.78 is 4.81. The molecule has 7 heteroatoms. The first-order chi connectivity index (χ1) is 31.6. The van der Waals surface area contributed by atoms with Gasteiger partial charge in [0.25, 0.3) is 0 Å². The zero-order valence-corrected chi connectivity index (χ0v) is 35.2. The van der Waals surface area contributed by atoms with Crippen molar-refractivity contribution in [1.82, 2.24) is 34.1 Å². The second-order valence-corrected chi connectivity index (χ2v) is 16.2. The first-order valence-electron chi connectivity index (χ1n) is 21.5. The maximum absolute atomic E-state index is 5.29. The van der Waals surface area contributed by atoms with Crippen LogP contribution in [-0.4, -0.2) is 34.1 Å². The monoisotopic (exact) mass is 821 g/mol. The van der Waals surface area contributed by atoms with Gasteiger partial charge in [0.05, 0.1) is 44.8 Å². The Balaban J connectivity index is 1.15. The van der Waals surface area contributed by atoms with E-state index in [9.17, 15) is 0 Å². The van der Waals surface area contributed by atoms with Crippen LogP contribution in [0.15, 0.2) is 200 Å². The Labute approximate surface area is 369 Å². The van der Waals surface area contributed by atoms with Crippen LogP contribution in [0.3, 0.4) is 0 Å². The molecule has 0 fully saturated rings. The standard InChI is InChI=1S/C57H39N7/c1-36-58-37(2)60-56(59-36)40-29-31-54-46(33-40)45-24-12-16-28-53(45)64(54)55-32-30-41(57-61-48(38-17-5-3-6-18-38)35-49(62-57)39-19-7-4-8-20-39)34-47(55)44-23-11-15-27-52(44)63-50-25-13-9-21-42(50)43-22-10-14-26-51(43)63/h3-35H,1-2H3. The second kappa shape index (κ2) is 15.1. The minimum atomic E-state index is 0.650. The third kappa shape index (κ3) is 6.24. The molecular formula is C57H39N7. The molecule has 0 saturated heterocycles. The van der Waals surface area contributed by atoms with Crippen molar-refractivity contribution in [1.29, 1.82) is 0 Å². The zero-order chi connectivity index (χ0) is 42.7. The van der Waals surface area contributed by atoms with Crippen LogP contribution in [0.1, 0.15) is 11.6 Å². The van der Waals surface area contributed by atoms with E-state index in [-0.39, 0.29) is 0 Å². The van der Waals surface area contributed by atoms with Crippen molar-refractivity contribution >= 4 is 43.6 Å². The molecule has 0 aliphatic heterocycles. The summed E-state index contributed by atoms with van der Waals surface area (Å²) in [4.78, 5) is 24.5. The molecule has 0 atom stereocenters. The summed E-state index contributed by atoms with van der Waals surface area (Å²) in [6, 6.07) is 70.8. The van der Waals surface area contributed by atoms with Crippen LogP contribution in [-0.2, 0) is 0 Å². The predicted molar refractivity (Wildman–Crippen MR) is 261 cm³/mol. The second-order valence-electron chi connectivity index (χ2n) is 16.2. The highest BCUT2D eigenvalue weighted by atomic mass is 15.0. The number of fused-ring (bicyclic) bond motifs is 6. The molecule has 302 valence electrons. The van der Waals surface area contributed by atoms with E-state index in [4.69, 9.17) is 19.9 Å². The smallest absolute Gasteiger partial charge is 0.163 e. The molecule has 4 heterocycles.